The molecule has 2 aromatic rings. The van der Waals surface area contributed by atoms with Crippen LogP contribution in [0.3, 0.4) is 0 Å². The zero-order valence-electron chi connectivity index (χ0n) is 11.2. The van der Waals surface area contributed by atoms with E-state index in [1.165, 1.54) is 34.0 Å². The van der Waals surface area contributed by atoms with Crippen molar-refractivity contribution in [2.24, 2.45) is 0 Å². The quantitative estimate of drug-likeness (QED) is 0.930. The Morgan fingerprint density at radius 1 is 1.47 bits per heavy atom. The second-order valence-corrected chi connectivity index (χ2v) is 6.07. The van der Waals surface area contributed by atoms with Crippen LogP contribution in [0.25, 0.3) is 0 Å². The van der Waals surface area contributed by atoms with Gasteiger partial charge in [-0.05, 0) is 37.4 Å². The number of rotatable bonds is 4. The van der Waals surface area contributed by atoms with E-state index in [0.29, 0.717) is 6.04 Å². The Hall–Kier alpha value is -1.26. The second-order valence-electron chi connectivity index (χ2n) is 4.96. The topological polar surface area (TPSA) is 37.8 Å². The fraction of sp³-hybridized carbons (Fsp3) is 0.467. The van der Waals surface area contributed by atoms with Gasteiger partial charge in [-0.25, -0.2) is 4.98 Å². The number of aromatic nitrogens is 2. The highest BCUT2D eigenvalue weighted by Crippen LogP contribution is 2.34. The largest absolute Gasteiger partial charge is 0.309 e. The molecule has 1 aliphatic rings. The highest BCUT2D eigenvalue weighted by molar-refractivity contribution is 7.11. The fourth-order valence-corrected chi connectivity index (χ4v) is 3.92. The van der Waals surface area contributed by atoms with Crippen molar-refractivity contribution in [1.29, 1.82) is 0 Å². The van der Waals surface area contributed by atoms with Gasteiger partial charge in [0, 0.05) is 29.7 Å². The minimum Gasteiger partial charge on any atom is -0.309 e. The number of pyridine rings is 1. The van der Waals surface area contributed by atoms with Crippen LogP contribution >= 0.6 is 11.3 Å². The van der Waals surface area contributed by atoms with Crippen molar-refractivity contribution in [3.63, 3.8) is 0 Å². The van der Waals surface area contributed by atoms with Crippen LogP contribution in [0.1, 0.15) is 46.9 Å². The first-order valence-electron chi connectivity index (χ1n) is 6.97. The van der Waals surface area contributed by atoms with Crippen LogP contribution in [0.4, 0.5) is 0 Å². The standard InChI is InChI=1S/C15H19N3S/c1-2-17-12-6-3-7-13-15(12)19-14(18-13)9-11-5-4-8-16-10-11/h4-5,8,10,12,17H,2-3,6-7,9H2,1H3. The first-order chi connectivity index (χ1) is 9.36. The Morgan fingerprint density at radius 3 is 3.21 bits per heavy atom. The van der Waals surface area contributed by atoms with Crippen molar-refractivity contribution in [3.8, 4) is 0 Å². The number of hydrogen-bond donors (Lipinski definition) is 1. The minimum absolute atomic E-state index is 0.522. The van der Waals surface area contributed by atoms with Crippen molar-refractivity contribution >= 4 is 11.3 Å². The highest BCUT2D eigenvalue weighted by Gasteiger charge is 2.23. The zero-order chi connectivity index (χ0) is 13.1. The number of nitrogens with one attached hydrogen (secondary N) is 1. The molecule has 4 heteroatoms. The van der Waals surface area contributed by atoms with Gasteiger partial charge in [0.1, 0.15) is 0 Å². The van der Waals surface area contributed by atoms with Crippen LogP contribution in [-0.4, -0.2) is 16.5 Å². The lowest BCUT2D eigenvalue weighted by Gasteiger charge is -2.21. The molecule has 0 saturated heterocycles. The van der Waals surface area contributed by atoms with Gasteiger partial charge >= 0.3 is 0 Å². The average molecular weight is 273 g/mol. The molecule has 3 rings (SSSR count). The van der Waals surface area contributed by atoms with Gasteiger partial charge in [0.15, 0.2) is 0 Å². The predicted molar refractivity (Wildman–Crippen MR) is 78.5 cm³/mol. The van der Waals surface area contributed by atoms with Crippen molar-refractivity contribution in [2.45, 2.75) is 38.6 Å². The van der Waals surface area contributed by atoms with Gasteiger partial charge in [0.25, 0.3) is 0 Å². The fourth-order valence-electron chi connectivity index (χ4n) is 2.66. The van der Waals surface area contributed by atoms with Gasteiger partial charge in [-0.2, -0.15) is 0 Å². The Morgan fingerprint density at radius 2 is 2.42 bits per heavy atom. The van der Waals surface area contributed by atoms with E-state index < -0.39 is 0 Å². The summed E-state index contributed by atoms with van der Waals surface area (Å²) in [5.41, 5.74) is 2.56. The summed E-state index contributed by atoms with van der Waals surface area (Å²) in [4.78, 5) is 10.5. The van der Waals surface area contributed by atoms with E-state index in [0.717, 1.165) is 19.4 Å². The molecule has 1 aliphatic carbocycles. The molecular formula is C15H19N3S. The van der Waals surface area contributed by atoms with E-state index in [1.54, 1.807) is 0 Å². The third-order valence-corrected chi connectivity index (χ3v) is 4.73. The molecule has 19 heavy (non-hydrogen) atoms. The van der Waals surface area contributed by atoms with Gasteiger partial charge in [0.2, 0.25) is 0 Å². The van der Waals surface area contributed by atoms with E-state index in [2.05, 4.69) is 23.3 Å². The lowest BCUT2D eigenvalue weighted by atomic mass is 9.98. The maximum atomic E-state index is 4.83. The molecule has 0 bridgehead atoms. The molecule has 0 saturated carbocycles. The summed E-state index contributed by atoms with van der Waals surface area (Å²) in [5, 5.41) is 4.80. The summed E-state index contributed by atoms with van der Waals surface area (Å²) < 4.78 is 0. The van der Waals surface area contributed by atoms with E-state index >= 15 is 0 Å². The summed E-state index contributed by atoms with van der Waals surface area (Å²) in [6.07, 6.45) is 8.29. The average Bonchev–Trinajstić information content (AvgIpc) is 2.84. The lowest BCUT2D eigenvalue weighted by molar-refractivity contribution is 0.476. The van der Waals surface area contributed by atoms with Crippen molar-refractivity contribution in [2.75, 3.05) is 6.54 Å². The van der Waals surface area contributed by atoms with Gasteiger partial charge in [-0.15, -0.1) is 11.3 Å². The summed E-state index contributed by atoms with van der Waals surface area (Å²) in [6, 6.07) is 4.63. The van der Waals surface area contributed by atoms with E-state index in [9.17, 15) is 0 Å². The van der Waals surface area contributed by atoms with Gasteiger partial charge in [-0.1, -0.05) is 13.0 Å². The van der Waals surface area contributed by atoms with E-state index in [1.807, 2.05) is 29.8 Å². The number of hydrogen-bond acceptors (Lipinski definition) is 4. The summed E-state index contributed by atoms with van der Waals surface area (Å²) in [5.74, 6) is 0. The third kappa shape index (κ3) is 2.85. The number of nitrogens with zero attached hydrogens (tertiary/aromatic N) is 2. The molecule has 0 spiro atoms. The molecule has 100 valence electrons. The molecule has 3 nitrogen and oxygen atoms in total. The Balaban J connectivity index is 1.81. The highest BCUT2D eigenvalue weighted by atomic mass is 32.1. The third-order valence-electron chi connectivity index (χ3n) is 3.52. The van der Waals surface area contributed by atoms with E-state index in [-0.39, 0.29) is 0 Å². The molecule has 0 aromatic carbocycles. The summed E-state index contributed by atoms with van der Waals surface area (Å²) in [6.45, 7) is 3.20. The molecule has 1 unspecified atom stereocenters. The molecule has 1 N–H and O–H groups in total. The monoisotopic (exact) mass is 273 g/mol. The molecule has 2 heterocycles. The molecule has 2 aromatic heterocycles. The van der Waals surface area contributed by atoms with Crippen LogP contribution in [0.15, 0.2) is 24.5 Å². The first-order valence-corrected chi connectivity index (χ1v) is 7.79. The molecular weight excluding hydrogens is 254 g/mol. The predicted octanol–water partition coefficient (Wildman–Crippen LogP) is 3.12. The maximum Gasteiger partial charge on any atom is 0.0976 e. The second kappa shape index (κ2) is 5.80. The lowest BCUT2D eigenvalue weighted by Crippen LogP contribution is -2.23. The number of aryl methyl sites for hydroxylation is 1. The van der Waals surface area contributed by atoms with Gasteiger partial charge < -0.3 is 5.32 Å². The summed E-state index contributed by atoms with van der Waals surface area (Å²) >= 11 is 1.88. The van der Waals surface area contributed by atoms with E-state index in [4.69, 9.17) is 4.98 Å². The smallest absolute Gasteiger partial charge is 0.0976 e. The maximum absolute atomic E-state index is 4.83. The van der Waals surface area contributed by atoms with Crippen LogP contribution in [-0.2, 0) is 12.8 Å². The van der Waals surface area contributed by atoms with Crippen molar-refractivity contribution in [3.05, 3.63) is 45.7 Å². The minimum atomic E-state index is 0.522. The Kier molecular flexibility index (Phi) is 3.89. The molecule has 0 radical (unpaired) electrons. The molecule has 0 aliphatic heterocycles. The molecule has 0 amide bonds. The Bertz CT molecular complexity index is 536. The SMILES string of the molecule is CCNC1CCCc2nc(Cc3cccnc3)sc21. The van der Waals surface area contributed by atoms with Crippen molar-refractivity contribution < 1.29 is 0 Å². The van der Waals surface area contributed by atoms with Gasteiger partial charge in [0.05, 0.1) is 10.7 Å². The van der Waals surface area contributed by atoms with Crippen LogP contribution < -0.4 is 5.32 Å². The zero-order valence-corrected chi connectivity index (χ0v) is 12.0. The molecule has 0 fully saturated rings. The normalized spacial score (nSPS) is 18.3. The Labute approximate surface area is 118 Å². The van der Waals surface area contributed by atoms with Gasteiger partial charge in [-0.3, -0.25) is 4.98 Å². The summed E-state index contributed by atoms with van der Waals surface area (Å²) in [7, 11) is 0. The first kappa shape index (κ1) is 12.8. The van der Waals surface area contributed by atoms with Crippen LogP contribution in [0, 0.1) is 0 Å². The molecule has 1 atom stereocenters. The van der Waals surface area contributed by atoms with Crippen LogP contribution in [0.5, 0.6) is 0 Å². The van der Waals surface area contributed by atoms with Crippen LogP contribution in [0.2, 0.25) is 0 Å². The number of thiazole rings is 1. The van der Waals surface area contributed by atoms with Crippen molar-refractivity contribution in [1.82, 2.24) is 15.3 Å². The number of fused-ring (bicyclic) bond motifs is 1.